The molecular formula is C16H15NO2S2. The van der Waals surface area contributed by atoms with E-state index in [1.54, 1.807) is 27.6 Å². The molecule has 2 aromatic rings. The van der Waals surface area contributed by atoms with Gasteiger partial charge in [-0.2, -0.15) is 0 Å². The number of carbonyl (C=O) groups is 1. The van der Waals surface area contributed by atoms with Crippen molar-refractivity contribution < 1.29 is 9.90 Å². The predicted octanol–water partition coefficient (Wildman–Crippen LogP) is 2.81. The Kier molecular flexibility index (Phi) is 4.39. The second-order valence-electron chi connectivity index (χ2n) is 4.91. The Balaban J connectivity index is 1.66. The van der Waals surface area contributed by atoms with E-state index in [2.05, 4.69) is 23.3 Å². The minimum atomic E-state index is -0.271. The van der Waals surface area contributed by atoms with Crippen LogP contribution in [0.3, 0.4) is 0 Å². The summed E-state index contributed by atoms with van der Waals surface area (Å²) >= 11 is 3.31. The summed E-state index contributed by atoms with van der Waals surface area (Å²) < 4.78 is 0. The monoisotopic (exact) mass is 317 g/mol. The van der Waals surface area contributed by atoms with Crippen molar-refractivity contribution in [3.05, 3.63) is 34.5 Å². The number of nitrogens with zero attached hydrogens (tertiary/aromatic N) is 1. The smallest absolute Gasteiger partial charge is 0.298 e. The SMILES string of the molecule is O=C(C#Cc1ccc(-c2cccs2)s1)N1CCC(O)CC1. The highest BCUT2D eigenvalue weighted by atomic mass is 32.1. The average molecular weight is 317 g/mol. The van der Waals surface area contributed by atoms with Crippen LogP contribution in [0.4, 0.5) is 0 Å². The molecule has 1 aliphatic rings. The van der Waals surface area contributed by atoms with E-state index < -0.39 is 0 Å². The highest BCUT2D eigenvalue weighted by Gasteiger charge is 2.19. The molecule has 0 spiro atoms. The predicted molar refractivity (Wildman–Crippen MR) is 86.3 cm³/mol. The Morgan fingerprint density at radius 3 is 2.76 bits per heavy atom. The van der Waals surface area contributed by atoms with Crippen molar-refractivity contribution in [3.8, 4) is 21.6 Å². The van der Waals surface area contributed by atoms with Crippen molar-refractivity contribution in [3.63, 3.8) is 0 Å². The number of hydrogen-bond acceptors (Lipinski definition) is 4. The molecular weight excluding hydrogens is 302 g/mol. The first-order chi connectivity index (χ1) is 10.2. The maximum Gasteiger partial charge on any atom is 0.298 e. The Morgan fingerprint density at radius 1 is 1.24 bits per heavy atom. The van der Waals surface area contributed by atoms with Crippen LogP contribution in [0.5, 0.6) is 0 Å². The number of aliphatic hydroxyl groups is 1. The largest absolute Gasteiger partial charge is 0.393 e. The molecule has 1 N–H and O–H groups in total. The summed E-state index contributed by atoms with van der Waals surface area (Å²) in [7, 11) is 0. The first-order valence-corrected chi connectivity index (χ1v) is 8.55. The van der Waals surface area contributed by atoms with Crippen LogP contribution in [-0.4, -0.2) is 35.1 Å². The average Bonchev–Trinajstić information content (AvgIpc) is 3.16. The quantitative estimate of drug-likeness (QED) is 0.822. The van der Waals surface area contributed by atoms with E-state index in [4.69, 9.17) is 0 Å². The fourth-order valence-electron chi connectivity index (χ4n) is 2.22. The van der Waals surface area contributed by atoms with E-state index in [9.17, 15) is 9.90 Å². The van der Waals surface area contributed by atoms with Gasteiger partial charge in [0, 0.05) is 28.8 Å². The van der Waals surface area contributed by atoms with Crippen molar-refractivity contribution in [2.24, 2.45) is 0 Å². The molecule has 1 amide bonds. The highest BCUT2D eigenvalue weighted by Crippen LogP contribution is 2.30. The molecule has 3 nitrogen and oxygen atoms in total. The molecule has 0 bridgehead atoms. The molecule has 108 valence electrons. The number of piperidine rings is 1. The minimum absolute atomic E-state index is 0.145. The lowest BCUT2D eigenvalue weighted by Crippen LogP contribution is -2.39. The summed E-state index contributed by atoms with van der Waals surface area (Å²) in [5.74, 6) is 5.52. The molecule has 0 aromatic carbocycles. The van der Waals surface area contributed by atoms with E-state index >= 15 is 0 Å². The molecule has 0 saturated carbocycles. The van der Waals surface area contributed by atoms with Gasteiger partial charge in [0.1, 0.15) is 0 Å². The van der Waals surface area contributed by atoms with Crippen LogP contribution >= 0.6 is 22.7 Å². The van der Waals surface area contributed by atoms with Gasteiger partial charge in [0.15, 0.2) is 0 Å². The molecule has 3 rings (SSSR count). The van der Waals surface area contributed by atoms with Crippen LogP contribution in [-0.2, 0) is 4.79 Å². The van der Waals surface area contributed by atoms with Crippen LogP contribution in [0, 0.1) is 11.8 Å². The lowest BCUT2D eigenvalue weighted by Gasteiger charge is -2.27. The Labute approximate surface area is 131 Å². The van der Waals surface area contributed by atoms with Crippen LogP contribution in [0.1, 0.15) is 17.7 Å². The topological polar surface area (TPSA) is 40.5 Å². The third-order valence-corrected chi connectivity index (χ3v) is 5.48. The van der Waals surface area contributed by atoms with E-state index in [1.807, 2.05) is 18.2 Å². The summed E-state index contributed by atoms with van der Waals surface area (Å²) in [6, 6.07) is 8.11. The molecule has 1 aliphatic heterocycles. The fourth-order valence-corrected chi connectivity index (χ4v) is 3.91. The first kappa shape index (κ1) is 14.3. The molecule has 1 saturated heterocycles. The second kappa shape index (κ2) is 6.44. The van der Waals surface area contributed by atoms with E-state index in [1.165, 1.54) is 9.75 Å². The molecule has 0 aliphatic carbocycles. The lowest BCUT2D eigenvalue weighted by molar-refractivity contribution is -0.127. The van der Waals surface area contributed by atoms with Crippen molar-refractivity contribution in [2.75, 3.05) is 13.1 Å². The normalized spacial score (nSPS) is 15.6. The van der Waals surface area contributed by atoms with Gasteiger partial charge in [-0.1, -0.05) is 6.07 Å². The van der Waals surface area contributed by atoms with Crippen molar-refractivity contribution in [1.82, 2.24) is 4.90 Å². The van der Waals surface area contributed by atoms with E-state index in [0.29, 0.717) is 25.9 Å². The first-order valence-electron chi connectivity index (χ1n) is 6.85. The third kappa shape index (κ3) is 3.53. The zero-order valence-corrected chi connectivity index (χ0v) is 13.0. The van der Waals surface area contributed by atoms with Crippen molar-refractivity contribution >= 4 is 28.6 Å². The van der Waals surface area contributed by atoms with Crippen LogP contribution in [0.25, 0.3) is 9.75 Å². The van der Waals surface area contributed by atoms with Gasteiger partial charge in [0.25, 0.3) is 5.91 Å². The Bertz CT molecular complexity index is 671. The van der Waals surface area contributed by atoms with Gasteiger partial charge >= 0.3 is 0 Å². The number of rotatable bonds is 1. The molecule has 1 fully saturated rings. The zero-order valence-electron chi connectivity index (χ0n) is 11.4. The number of carbonyl (C=O) groups excluding carboxylic acids is 1. The number of thiophene rings is 2. The van der Waals surface area contributed by atoms with Crippen LogP contribution in [0.15, 0.2) is 29.6 Å². The Morgan fingerprint density at radius 2 is 2.05 bits per heavy atom. The van der Waals surface area contributed by atoms with Gasteiger partial charge in [-0.15, -0.1) is 22.7 Å². The summed E-state index contributed by atoms with van der Waals surface area (Å²) in [5, 5.41) is 11.5. The molecule has 3 heterocycles. The third-order valence-electron chi connectivity index (χ3n) is 3.41. The second-order valence-corrected chi connectivity index (χ2v) is 6.95. The molecule has 5 heteroatoms. The number of amides is 1. The summed E-state index contributed by atoms with van der Waals surface area (Å²) in [6.07, 6.45) is 1.02. The van der Waals surface area contributed by atoms with Crippen LogP contribution < -0.4 is 0 Å². The number of aliphatic hydroxyl groups excluding tert-OH is 1. The summed E-state index contributed by atoms with van der Waals surface area (Å²) in [4.78, 5) is 17.0. The van der Waals surface area contributed by atoms with E-state index in [0.717, 1.165) is 4.88 Å². The van der Waals surface area contributed by atoms with Crippen LogP contribution in [0.2, 0.25) is 0 Å². The molecule has 0 atom stereocenters. The standard InChI is InChI=1S/C16H15NO2S2/c18-12-7-9-17(10-8-12)16(19)6-4-13-3-5-15(21-13)14-2-1-11-20-14/h1-3,5,11-12,18H,7-10H2. The number of hydrogen-bond donors (Lipinski definition) is 1. The highest BCUT2D eigenvalue weighted by molar-refractivity contribution is 7.21. The summed E-state index contributed by atoms with van der Waals surface area (Å²) in [6.45, 7) is 1.19. The minimum Gasteiger partial charge on any atom is -0.393 e. The van der Waals surface area contributed by atoms with Gasteiger partial charge in [0.2, 0.25) is 0 Å². The van der Waals surface area contributed by atoms with Crippen molar-refractivity contribution in [2.45, 2.75) is 18.9 Å². The number of likely N-dealkylation sites (tertiary alicyclic amines) is 1. The zero-order chi connectivity index (χ0) is 14.7. The van der Waals surface area contributed by atoms with Gasteiger partial charge in [0.05, 0.1) is 11.0 Å². The maximum atomic E-state index is 12.0. The molecule has 2 aromatic heterocycles. The lowest BCUT2D eigenvalue weighted by atomic mass is 10.1. The molecule has 0 unspecified atom stereocenters. The molecule has 21 heavy (non-hydrogen) atoms. The van der Waals surface area contributed by atoms with E-state index in [-0.39, 0.29) is 12.0 Å². The van der Waals surface area contributed by atoms with Gasteiger partial charge < -0.3 is 10.0 Å². The maximum absolute atomic E-state index is 12.0. The van der Waals surface area contributed by atoms with Gasteiger partial charge in [-0.25, -0.2) is 0 Å². The Hall–Kier alpha value is -1.61. The van der Waals surface area contributed by atoms with Gasteiger partial charge in [-0.3, -0.25) is 4.79 Å². The molecule has 0 radical (unpaired) electrons. The van der Waals surface area contributed by atoms with Gasteiger partial charge in [-0.05, 0) is 42.3 Å². The summed E-state index contributed by atoms with van der Waals surface area (Å²) in [5.41, 5.74) is 0. The fraction of sp³-hybridized carbons (Fsp3) is 0.312. The van der Waals surface area contributed by atoms with Crippen molar-refractivity contribution in [1.29, 1.82) is 0 Å².